The summed E-state index contributed by atoms with van der Waals surface area (Å²) < 4.78 is 19.1. The van der Waals surface area contributed by atoms with Crippen molar-refractivity contribution < 1.29 is 18.8 Å². The first-order valence-corrected chi connectivity index (χ1v) is 9.18. The zero-order chi connectivity index (χ0) is 21.3. The minimum atomic E-state index is -0.405. The molecular weight excluding hydrogens is 387 g/mol. The zero-order valence-corrected chi connectivity index (χ0v) is 16.3. The molecule has 1 amide bonds. The van der Waals surface area contributed by atoms with Crippen LogP contribution in [-0.4, -0.2) is 23.3 Å². The van der Waals surface area contributed by atoms with Gasteiger partial charge in [0.1, 0.15) is 11.6 Å². The molecule has 3 aromatic rings. The molecule has 2 aromatic carbocycles. The van der Waals surface area contributed by atoms with E-state index in [1.807, 2.05) is 30.3 Å². The fraction of sp³-hybridized carbons (Fsp3) is 0.136. The number of pyridine rings is 1. The second-order valence-electron chi connectivity index (χ2n) is 6.41. The van der Waals surface area contributed by atoms with Crippen LogP contribution >= 0.6 is 0 Å². The van der Waals surface area contributed by atoms with Crippen molar-refractivity contribution >= 4 is 11.7 Å². The van der Waals surface area contributed by atoms with Crippen molar-refractivity contribution in [3.8, 4) is 11.6 Å². The van der Waals surface area contributed by atoms with Gasteiger partial charge in [-0.2, -0.15) is 0 Å². The molecule has 0 spiro atoms. The Morgan fingerprint density at radius 2 is 1.97 bits per heavy atom. The number of nitrogens with two attached hydrogens (primary N) is 1. The number of aromatic nitrogens is 1. The molecule has 8 heteroatoms. The molecule has 3 N–H and O–H groups in total. The lowest BCUT2D eigenvalue weighted by molar-refractivity contribution is -0.125. The fourth-order valence-corrected chi connectivity index (χ4v) is 2.41. The summed E-state index contributed by atoms with van der Waals surface area (Å²) in [7, 11) is 0. The van der Waals surface area contributed by atoms with E-state index in [1.165, 1.54) is 12.3 Å². The van der Waals surface area contributed by atoms with Crippen molar-refractivity contribution in [2.75, 3.05) is 6.61 Å². The molecular formula is C22H21FN4O3. The van der Waals surface area contributed by atoms with E-state index >= 15 is 0 Å². The predicted octanol–water partition coefficient (Wildman–Crippen LogP) is 3.27. The van der Waals surface area contributed by atoms with Crippen LogP contribution < -0.4 is 15.8 Å². The molecule has 0 atom stereocenters. The number of ether oxygens (including phenoxy) is 1. The third-order valence-corrected chi connectivity index (χ3v) is 4.08. The summed E-state index contributed by atoms with van der Waals surface area (Å²) in [6.07, 6.45) is 1.49. The smallest absolute Gasteiger partial charge is 0.261 e. The highest BCUT2D eigenvalue weighted by Gasteiger charge is 2.06. The Labute approximate surface area is 173 Å². The Morgan fingerprint density at radius 1 is 1.17 bits per heavy atom. The van der Waals surface area contributed by atoms with Crippen LogP contribution in [0.25, 0.3) is 0 Å². The highest BCUT2D eigenvalue weighted by Crippen LogP contribution is 2.18. The van der Waals surface area contributed by atoms with E-state index in [0.29, 0.717) is 28.3 Å². The summed E-state index contributed by atoms with van der Waals surface area (Å²) in [4.78, 5) is 21.0. The molecule has 3 rings (SSSR count). The van der Waals surface area contributed by atoms with Gasteiger partial charge in [0, 0.05) is 24.4 Å². The highest BCUT2D eigenvalue weighted by atomic mass is 19.1. The molecule has 0 aliphatic heterocycles. The van der Waals surface area contributed by atoms with E-state index in [9.17, 15) is 9.18 Å². The molecule has 0 bridgehead atoms. The van der Waals surface area contributed by atoms with Gasteiger partial charge in [0.15, 0.2) is 12.4 Å². The molecule has 0 unspecified atom stereocenters. The molecule has 0 saturated heterocycles. The quantitative estimate of drug-likeness (QED) is 0.339. The minimum Gasteiger partial charge on any atom is -0.439 e. The number of rotatable bonds is 8. The number of benzene rings is 2. The van der Waals surface area contributed by atoms with Gasteiger partial charge >= 0.3 is 0 Å². The third-order valence-electron chi connectivity index (χ3n) is 4.08. The summed E-state index contributed by atoms with van der Waals surface area (Å²) in [6, 6.07) is 17.4. The number of hydrogen-bond acceptors (Lipinski definition) is 5. The van der Waals surface area contributed by atoms with Crippen LogP contribution in [0.5, 0.6) is 11.6 Å². The Bertz CT molecular complexity index is 1020. The van der Waals surface area contributed by atoms with Crippen molar-refractivity contribution in [2.45, 2.75) is 13.5 Å². The van der Waals surface area contributed by atoms with E-state index in [2.05, 4.69) is 15.5 Å². The van der Waals surface area contributed by atoms with E-state index in [4.69, 9.17) is 15.3 Å². The average molecular weight is 408 g/mol. The molecule has 1 heterocycles. The first-order valence-electron chi connectivity index (χ1n) is 9.18. The molecule has 0 saturated carbocycles. The van der Waals surface area contributed by atoms with Crippen molar-refractivity contribution in [3.63, 3.8) is 0 Å². The Balaban J connectivity index is 1.46. The summed E-state index contributed by atoms with van der Waals surface area (Å²) in [5.41, 5.74) is 7.57. The van der Waals surface area contributed by atoms with Crippen LogP contribution in [0.2, 0.25) is 0 Å². The molecule has 0 aliphatic rings. The lowest BCUT2D eigenvalue weighted by atomic mass is 10.1. The molecule has 30 heavy (non-hydrogen) atoms. The number of amidine groups is 1. The lowest BCUT2D eigenvalue weighted by Crippen LogP contribution is -2.27. The average Bonchev–Trinajstić information content (AvgIpc) is 2.76. The number of para-hydroxylation sites is 1. The number of halogens is 1. The number of oxime groups is 1. The maximum atomic E-state index is 13.5. The van der Waals surface area contributed by atoms with Crippen LogP contribution in [0.3, 0.4) is 0 Å². The van der Waals surface area contributed by atoms with Gasteiger partial charge in [-0.05, 0) is 42.3 Å². The molecule has 7 nitrogen and oxygen atoms in total. The van der Waals surface area contributed by atoms with E-state index in [0.717, 1.165) is 0 Å². The van der Waals surface area contributed by atoms with Gasteiger partial charge in [-0.25, -0.2) is 9.37 Å². The number of hydrogen-bond donors (Lipinski definition) is 2. The first-order chi connectivity index (χ1) is 14.5. The van der Waals surface area contributed by atoms with Crippen LogP contribution in [0.15, 0.2) is 72.0 Å². The molecule has 0 aliphatic carbocycles. The summed E-state index contributed by atoms with van der Waals surface area (Å²) in [5, 5.41) is 6.34. The van der Waals surface area contributed by atoms with E-state index in [-0.39, 0.29) is 24.8 Å². The normalized spacial score (nSPS) is 11.1. The van der Waals surface area contributed by atoms with Crippen molar-refractivity contribution in [2.24, 2.45) is 10.9 Å². The maximum Gasteiger partial charge on any atom is 0.261 e. The predicted molar refractivity (Wildman–Crippen MR) is 110 cm³/mol. The number of carbonyl (C=O) groups is 1. The second-order valence-corrected chi connectivity index (χ2v) is 6.41. The Kier molecular flexibility index (Phi) is 6.94. The van der Waals surface area contributed by atoms with Crippen LogP contribution in [0, 0.1) is 12.7 Å². The SMILES string of the molecule is Cc1ccc(CNC(=O)CO/N=C(/N)c2ccc(Oc3ccccc3)nc2)cc1F. The number of nitrogens with zero attached hydrogens (tertiary/aromatic N) is 2. The first kappa shape index (κ1) is 20.8. The molecule has 0 radical (unpaired) electrons. The van der Waals surface area contributed by atoms with Crippen molar-refractivity contribution in [1.29, 1.82) is 0 Å². The van der Waals surface area contributed by atoms with Crippen molar-refractivity contribution in [1.82, 2.24) is 10.3 Å². The number of aryl methyl sites for hydroxylation is 1. The summed E-state index contributed by atoms with van der Waals surface area (Å²) >= 11 is 0. The molecule has 1 aromatic heterocycles. The topological polar surface area (TPSA) is 98.8 Å². The Morgan fingerprint density at radius 3 is 2.67 bits per heavy atom. The van der Waals surface area contributed by atoms with Gasteiger partial charge in [0.25, 0.3) is 5.91 Å². The van der Waals surface area contributed by atoms with Gasteiger partial charge < -0.3 is 20.6 Å². The van der Waals surface area contributed by atoms with E-state index < -0.39 is 5.91 Å². The van der Waals surface area contributed by atoms with Gasteiger partial charge in [-0.3, -0.25) is 4.79 Å². The molecule has 154 valence electrons. The van der Waals surface area contributed by atoms with Gasteiger partial charge in [-0.15, -0.1) is 0 Å². The maximum absolute atomic E-state index is 13.5. The number of amides is 1. The van der Waals surface area contributed by atoms with Crippen LogP contribution in [-0.2, 0) is 16.2 Å². The third kappa shape index (κ3) is 6.03. The van der Waals surface area contributed by atoms with Crippen molar-refractivity contribution in [3.05, 3.63) is 89.4 Å². The standard InChI is InChI=1S/C22H21FN4O3/c1-15-7-8-16(11-19(15)23)12-25-20(28)14-29-27-22(24)17-9-10-21(26-13-17)30-18-5-3-2-4-6-18/h2-11,13H,12,14H2,1H3,(H2,24,27)(H,25,28). The van der Waals surface area contributed by atoms with E-state index in [1.54, 1.807) is 31.2 Å². The summed E-state index contributed by atoms with van der Waals surface area (Å²) in [6.45, 7) is 1.54. The minimum absolute atomic E-state index is 0.0715. The monoisotopic (exact) mass is 408 g/mol. The summed E-state index contributed by atoms with van der Waals surface area (Å²) in [5.74, 6) is 0.427. The molecule has 0 fully saturated rings. The van der Waals surface area contributed by atoms with Gasteiger partial charge in [-0.1, -0.05) is 35.5 Å². The Hall–Kier alpha value is -3.94. The van der Waals surface area contributed by atoms with Gasteiger partial charge in [0.05, 0.1) is 0 Å². The fourth-order valence-electron chi connectivity index (χ4n) is 2.41. The lowest BCUT2D eigenvalue weighted by Gasteiger charge is -2.07. The van der Waals surface area contributed by atoms with Gasteiger partial charge in [0.2, 0.25) is 5.88 Å². The highest BCUT2D eigenvalue weighted by molar-refractivity contribution is 5.96. The zero-order valence-electron chi connectivity index (χ0n) is 16.3. The van der Waals surface area contributed by atoms with Crippen LogP contribution in [0.4, 0.5) is 4.39 Å². The number of carbonyl (C=O) groups excluding carboxylic acids is 1. The second kappa shape index (κ2) is 10.0. The van der Waals surface area contributed by atoms with Crippen LogP contribution in [0.1, 0.15) is 16.7 Å². The number of nitrogens with one attached hydrogen (secondary N) is 1. The largest absolute Gasteiger partial charge is 0.439 e.